The Bertz CT molecular complexity index is 201. The predicted molar refractivity (Wildman–Crippen MR) is 66.6 cm³/mol. The van der Waals surface area contributed by atoms with Crippen molar-refractivity contribution in [2.45, 2.75) is 38.6 Å². The van der Waals surface area contributed by atoms with Crippen molar-refractivity contribution in [2.75, 3.05) is 19.4 Å². The number of rotatable bonds is 8. The van der Waals surface area contributed by atoms with Gasteiger partial charge in [-0.3, -0.25) is 4.79 Å². The van der Waals surface area contributed by atoms with E-state index in [-0.39, 0.29) is 11.9 Å². The molecular formula is C10H22N2O3S. The molecule has 0 aromatic carbocycles. The molecule has 0 radical (unpaired) electrons. The van der Waals surface area contributed by atoms with Gasteiger partial charge in [-0.2, -0.15) is 12.6 Å². The number of aliphatic hydroxyl groups excluding tert-OH is 1. The minimum absolute atomic E-state index is 0.150. The van der Waals surface area contributed by atoms with E-state index in [1.54, 1.807) is 14.0 Å². The van der Waals surface area contributed by atoms with Crippen molar-refractivity contribution >= 4 is 18.5 Å². The number of amides is 1. The molecule has 0 saturated carbocycles. The van der Waals surface area contributed by atoms with Crippen LogP contribution in [0.25, 0.3) is 0 Å². The van der Waals surface area contributed by atoms with Crippen molar-refractivity contribution in [3.63, 3.8) is 0 Å². The zero-order valence-electron chi connectivity index (χ0n) is 10.1. The molecular weight excluding hydrogens is 228 g/mol. The van der Waals surface area contributed by atoms with Gasteiger partial charge in [-0.25, -0.2) is 0 Å². The van der Waals surface area contributed by atoms with Gasteiger partial charge in [0.05, 0.1) is 12.1 Å². The van der Waals surface area contributed by atoms with E-state index in [0.29, 0.717) is 18.8 Å². The third kappa shape index (κ3) is 5.16. The average molecular weight is 250 g/mol. The first-order valence-electron chi connectivity index (χ1n) is 5.48. The van der Waals surface area contributed by atoms with Gasteiger partial charge >= 0.3 is 0 Å². The van der Waals surface area contributed by atoms with Crippen LogP contribution in [0.2, 0.25) is 0 Å². The summed E-state index contributed by atoms with van der Waals surface area (Å²) in [5.74, 6) is 0.176. The van der Waals surface area contributed by atoms with Crippen molar-refractivity contribution in [1.82, 2.24) is 10.6 Å². The zero-order valence-corrected chi connectivity index (χ0v) is 11.0. The normalized spacial score (nSPS) is 16.6. The van der Waals surface area contributed by atoms with Crippen molar-refractivity contribution in [2.24, 2.45) is 0 Å². The summed E-state index contributed by atoms with van der Waals surface area (Å²) < 4.78 is 5.01. The lowest BCUT2D eigenvalue weighted by Gasteiger charge is -2.24. The van der Waals surface area contributed by atoms with Crippen molar-refractivity contribution < 1.29 is 14.6 Å². The number of hydrogen-bond donors (Lipinski definition) is 4. The average Bonchev–Trinajstić information content (AvgIpc) is 2.27. The fourth-order valence-corrected chi connectivity index (χ4v) is 1.57. The highest BCUT2D eigenvalue weighted by atomic mass is 32.1. The molecule has 0 fully saturated rings. The smallest absolute Gasteiger partial charge is 0.237 e. The van der Waals surface area contributed by atoms with Crippen molar-refractivity contribution in [3.8, 4) is 0 Å². The number of nitrogens with one attached hydrogen (secondary N) is 2. The maximum atomic E-state index is 11.7. The van der Waals surface area contributed by atoms with Gasteiger partial charge in [0.25, 0.3) is 0 Å². The molecule has 0 heterocycles. The van der Waals surface area contributed by atoms with Crippen LogP contribution in [-0.2, 0) is 9.53 Å². The zero-order chi connectivity index (χ0) is 12.6. The number of ether oxygens (including phenoxy) is 1. The lowest BCUT2D eigenvalue weighted by molar-refractivity contribution is -0.134. The van der Waals surface area contributed by atoms with Crippen LogP contribution in [0, 0.1) is 0 Å². The van der Waals surface area contributed by atoms with Crippen molar-refractivity contribution in [1.29, 1.82) is 0 Å². The Morgan fingerprint density at radius 1 is 1.50 bits per heavy atom. The van der Waals surface area contributed by atoms with E-state index >= 15 is 0 Å². The van der Waals surface area contributed by atoms with Gasteiger partial charge < -0.3 is 20.5 Å². The maximum absolute atomic E-state index is 11.7. The first kappa shape index (κ1) is 15.7. The van der Waals surface area contributed by atoms with E-state index in [0.717, 1.165) is 0 Å². The molecule has 1 amide bonds. The molecule has 0 aromatic heterocycles. The Balaban J connectivity index is 4.25. The molecule has 16 heavy (non-hydrogen) atoms. The summed E-state index contributed by atoms with van der Waals surface area (Å²) in [4.78, 5) is 11.7. The summed E-state index contributed by atoms with van der Waals surface area (Å²) in [5.41, 5.74) is 0. The molecule has 0 aliphatic carbocycles. The maximum Gasteiger partial charge on any atom is 0.237 e. The molecule has 0 aliphatic rings. The van der Waals surface area contributed by atoms with E-state index in [2.05, 4.69) is 23.3 Å². The molecule has 3 N–H and O–H groups in total. The van der Waals surface area contributed by atoms with Gasteiger partial charge in [0.2, 0.25) is 5.91 Å². The second kappa shape index (κ2) is 8.81. The summed E-state index contributed by atoms with van der Waals surface area (Å²) in [5, 5.41) is 15.2. The van der Waals surface area contributed by atoms with E-state index in [9.17, 15) is 9.90 Å². The van der Waals surface area contributed by atoms with Gasteiger partial charge in [-0.1, -0.05) is 6.92 Å². The fourth-order valence-electron chi connectivity index (χ4n) is 1.30. The summed E-state index contributed by atoms with van der Waals surface area (Å²) in [7, 11) is 1.72. The van der Waals surface area contributed by atoms with Gasteiger partial charge in [0.1, 0.15) is 0 Å². The summed E-state index contributed by atoms with van der Waals surface area (Å²) >= 11 is 4.07. The van der Waals surface area contributed by atoms with Gasteiger partial charge in [0.15, 0.2) is 6.29 Å². The lowest BCUT2D eigenvalue weighted by Crippen LogP contribution is -2.51. The third-order valence-electron chi connectivity index (χ3n) is 2.28. The molecule has 5 nitrogen and oxygen atoms in total. The van der Waals surface area contributed by atoms with Crippen molar-refractivity contribution in [3.05, 3.63) is 0 Å². The number of hydrogen-bond acceptors (Lipinski definition) is 5. The molecule has 0 aromatic rings. The van der Waals surface area contributed by atoms with Gasteiger partial charge in [0, 0.05) is 12.4 Å². The molecule has 0 aliphatic heterocycles. The van der Waals surface area contributed by atoms with E-state index in [4.69, 9.17) is 4.74 Å². The van der Waals surface area contributed by atoms with Crippen LogP contribution in [0.3, 0.4) is 0 Å². The van der Waals surface area contributed by atoms with Crippen LogP contribution >= 0.6 is 12.6 Å². The van der Waals surface area contributed by atoms with Crippen LogP contribution < -0.4 is 10.6 Å². The molecule has 0 spiro atoms. The first-order chi connectivity index (χ1) is 7.60. The molecule has 0 bridgehead atoms. The predicted octanol–water partition coefficient (Wildman–Crippen LogP) is -0.246. The highest BCUT2D eigenvalue weighted by Gasteiger charge is 2.23. The second-order valence-electron chi connectivity index (χ2n) is 3.39. The molecule has 6 heteroatoms. The van der Waals surface area contributed by atoms with Crippen LogP contribution in [0.4, 0.5) is 0 Å². The number of likely N-dealkylation sites (N-methyl/N-ethyl adjacent to an activating group) is 1. The van der Waals surface area contributed by atoms with E-state index < -0.39 is 12.3 Å². The minimum atomic E-state index is -1.01. The van der Waals surface area contributed by atoms with Gasteiger partial charge in [-0.05, 0) is 20.4 Å². The Morgan fingerprint density at radius 2 is 2.12 bits per heavy atom. The monoisotopic (exact) mass is 250 g/mol. The topological polar surface area (TPSA) is 70.6 Å². The van der Waals surface area contributed by atoms with Crippen LogP contribution in [0.1, 0.15) is 20.3 Å². The quantitative estimate of drug-likeness (QED) is 0.354. The van der Waals surface area contributed by atoms with Crippen LogP contribution in [0.5, 0.6) is 0 Å². The molecule has 3 atom stereocenters. The lowest BCUT2D eigenvalue weighted by atomic mass is 10.2. The summed E-state index contributed by atoms with van der Waals surface area (Å²) in [6.45, 7) is 4.09. The standard InChI is InChI=1S/C10H22N2O3S/c1-4-7(11-3)9(13)12-8(6-16)10(14)15-5-2/h7-8,10-11,14,16H,4-6H2,1-3H3,(H,12,13). The highest BCUT2D eigenvalue weighted by molar-refractivity contribution is 7.80. The Kier molecular flexibility index (Phi) is 8.64. The molecule has 96 valence electrons. The SMILES string of the molecule is CCOC(O)C(CS)NC(=O)C(CC)NC. The van der Waals surface area contributed by atoms with Gasteiger partial charge in [-0.15, -0.1) is 0 Å². The summed E-state index contributed by atoms with van der Waals surface area (Å²) in [6, 6.07) is -0.741. The molecule has 0 saturated heterocycles. The largest absolute Gasteiger partial charge is 0.366 e. The van der Waals surface area contributed by atoms with E-state index in [1.807, 2.05) is 6.92 Å². The molecule has 0 rings (SSSR count). The Labute approximate surface area is 102 Å². The number of carbonyl (C=O) groups excluding carboxylic acids is 1. The number of carbonyl (C=O) groups is 1. The van der Waals surface area contributed by atoms with E-state index in [1.165, 1.54) is 0 Å². The number of aliphatic hydroxyl groups is 1. The Morgan fingerprint density at radius 3 is 2.50 bits per heavy atom. The Hall–Kier alpha value is -0.300. The summed E-state index contributed by atoms with van der Waals surface area (Å²) in [6.07, 6.45) is -0.326. The third-order valence-corrected chi connectivity index (χ3v) is 2.67. The van der Waals surface area contributed by atoms with Crippen LogP contribution in [0.15, 0.2) is 0 Å². The first-order valence-corrected chi connectivity index (χ1v) is 6.12. The fraction of sp³-hybridized carbons (Fsp3) is 0.900. The molecule has 3 unspecified atom stereocenters. The minimum Gasteiger partial charge on any atom is -0.366 e. The van der Waals surface area contributed by atoms with Crippen LogP contribution in [-0.4, -0.2) is 48.8 Å². The second-order valence-corrected chi connectivity index (χ2v) is 3.76. The number of thiol groups is 1. The highest BCUT2D eigenvalue weighted by Crippen LogP contribution is 2.00.